The van der Waals surface area contributed by atoms with Crippen molar-refractivity contribution < 1.29 is 9.53 Å². The fraction of sp³-hybridized carbons (Fsp3) is 0.500. The fourth-order valence-electron chi connectivity index (χ4n) is 2.99. The van der Waals surface area contributed by atoms with Gasteiger partial charge >= 0.3 is 0 Å². The lowest BCUT2D eigenvalue weighted by molar-refractivity contribution is -0.122. The summed E-state index contributed by atoms with van der Waals surface area (Å²) in [5, 5.41) is 10.5. The third-order valence-corrected chi connectivity index (χ3v) is 4.55. The molecule has 26 heavy (non-hydrogen) atoms. The van der Waals surface area contributed by atoms with Crippen LogP contribution in [0.15, 0.2) is 18.2 Å². The zero-order valence-electron chi connectivity index (χ0n) is 15.1. The van der Waals surface area contributed by atoms with Gasteiger partial charge in [0.25, 0.3) is 0 Å². The van der Waals surface area contributed by atoms with Crippen LogP contribution in [0, 0.1) is 6.92 Å². The lowest BCUT2D eigenvalue weighted by atomic mass is 10.2. The first-order valence-electron chi connectivity index (χ1n) is 8.85. The Bertz CT molecular complexity index is 764. The molecule has 0 spiro atoms. The number of amides is 1. The maximum absolute atomic E-state index is 12.3. The number of nitrogens with zero attached hydrogens (tertiary/aromatic N) is 3. The summed E-state index contributed by atoms with van der Waals surface area (Å²) in [5.74, 6) is 2.29. The van der Waals surface area contributed by atoms with Gasteiger partial charge in [-0.2, -0.15) is 5.10 Å². The van der Waals surface area contributed by atoms with Crippen molar-refractivity contribution >= 4 is 17.5 Å². The number of carbonyl (C=O) groups is 1. The van der Waals surface area contributed by atoms with E-state index in [0.717, 1.165) is 23.6 Å². The van der Waals surface area contributed by atoms with Crippen LogP contribution >= 0.6 is 11.6 Å². The summed E-state index contributed by atoms with van der Waals surface area (Å²) in [5.41, 5.74) is 1.05. The first kappa shape index (κ1) is 18.7. The third kappa shape index (κ3) is 4.95. The zero-order valence-corrected chi connectivity index (χ0v) is 15.8. The molecule has 0 saturated heterocycles. The number of benzene rings is 1. The molecule has 0 unspecified atom stereocenters. The molecule has 2 heterocycles. The third-order valence-electron chi connectivity index (χ3n) is 4.32. The smallest absolute Gasteiger partial charge is 0.234 e. The van der Waals surface area contributed by atoms with Gasteiger partial charge in [0.1, 0.15) is 17.7 Å². The fourth-order valence-corrected chi connectivity index (χ4v) is 3.15. The van der Waals surface area contributed by atoms with Gasteiger partial charge in [0.2, 0.25) is 5.91 Å². The average Bonchev–Trinajstić information content (AvgIpc) is 2.93. The molecule has 8 heteroatoms. The van der Waals surface area contributed by atoms with Gasteiger partial charge in [-0.3, -0.25) is 14.8 Å². The molecule has 0 fully saturated rings. The summed E-state index contributed by atoms with van der Waals surface area (Å²) < 4.78 is 6.06. The summed E-state index contributed by atoms with van der Waals surface area (Å²) >= 11 is 6.08. The number of hydrogen-bond donors (Lipinski definition) is 2. The number of aryl methyl sites for hydroxylation is 1. The number of ether oxygens (including phenoxy) is 1. The minimum Gasteiger partial charge on any atom is -0.489 e. The average molecular weight is 378 g/mol. The highest BCUT2D eigenvalue weighted by atomic mass is 35.5. The number of nitrogens with one attached hydrogen (secondary N) is 2. The van der Waals surface area contributed by atoms with Gasteiger partial charge < -0.3 is 10.1 Å². The first-order valence-corrected chi connectivity index (χ1v) is 9.23. The van der Waals surface area contributed by atoms with E-state index in [1.165, 1.54) is 0 Å². The van der Waals surface area contributed by atoms with Crippen LogP contribution in [0.5, 0.6) is 5.75 Å². The Morgan fingerprint density at radius 2 is 2.35 bits per heavy atom. The van der Waals surface area contributed by atoms with E-state index < -0.39 is 0 Å². The summed E-state index contributed by atoms with van der Waals surface area (Å²) in [6, 6.07) is 5.67. The molecular formula is C18H24ClN5O2. The molecule has 0 radical (unpaired) electrons. The number of aromatic amines is 1. The molecule has 2 N–H and O–H groups in total. The molecule has 1 aliphatic heterocycles. The van der Waals surface area contributed by atoms with Gasteiger partial charge in [-0.05, 0) is 25.5 Å². The van der Waals surface area contributed by atoms with E-state index in [0.29, 0.717) is 43.4 Å². The van der Waals surface area contributed by atoms with Crippen molar-refractivity contribution in [1.82, 2.24) is 25.4 Å². The second-order valence-electron chi connectivity index (χ2n) is 6.51. The molecule has 7 nitrogen and oxygen atoms in total. The van der Waals surface area contributed by atoms with Gasteiger partial charge in [0.05, 0.1) is 6.54 Å². The van der Waals surface area contributed by atoms with Crippen molar-refractivity contribution in [2.75, 3.05) is 19.6 Å². The monoisotopic (exact) mass is 377 g/mol. The molecule has 0 bridgehead atoms. The van der Waals surface area contributed by atoms with E-state index in [1.54, 1.807) is 0 Å². The van der Waals surface area contributed by atoms with Crippen LogP contribution in [0.3, 0.4) is 0 Å². The van der Waals surface area contributed by atoms with Crippen LogP contribution in [-0.4, -0.2) is 51.7 Å². The zero-order chi connectivity index (χ0) is 18.5. The van der Waals surface area contributed by atoms with E-state index in [1.807, 2.05) is 25.1 Å². The summed E-state index contributed by atoms with van der Waals surface area (Å²) in [4.78, 5) is 18.7. The number of carbonyl (C=O) groups excluding carboxylic acids is 1. The van der Waals surface area contributed by atoms with Crippen LogP contribution in [0.4, 0.5) is 0 Å². The van der Waals surface area contributed by atoms with Crippen LogP contribution in [0.25, 0.3) is 0 Å². The number of H-pyrrole nitrogens is 1. The maximum atomic E-state index is 12.3. The van der Waals surface area contributed by atoms with E-state index in [4.69, 9.17) is 16.3 Å². The molecular weight excluding hydrogens is 354 g/mol. The van der Waals surface area contributed by atoms with Crippen LogP contribution in [0.2, 0.25) is 5.02 Å². The Hall–Kier alpha value is -2.12. The largest absolute Gasteiger partial charge is 0.489 e. The van der Waals surface area contributed by atoms with Crippen molar-refractivity contribution in [3.8, 4) is 5.75 Å². The Kier molecular flexibility index (Phi) is 6.11. The highest BCUT2D eigenvalue weighted by molar-refractivity contribution is 6.30. The van der Waals surface area contributed by atoms with E-state index in [-0.39, 0.29) is 12.0 Å². The quantitative estimate of drug-likeness (QED) is 0.805. The van der Waals surface area contributed by atoms with Crippen molar-refractivity contribution in [2.24, 2.45) is 0 Å². The number of fused-ring (bicyclic) bond motifs is 1. The molecule has 1 aromatic heterocycles. The lowest BCUT2D eigenvalue weighted by Crippen LogP contribution is -2.41. The molecule has 2 aromatic rings. The highest BCUT2D eigenvalue weighted by Gasteiger charge is 2.23. The van der Waals surface area contributed by atoms with E-state index in [2.05, 4.69) is 32.3 Å². The van der Waals surface area contributed by atoms with Gasteiger partial charge in [-0.15, -0.1) is 0 Å². The van der Waals surface area contributed by atoms with Crippen LogP contribution in [0.1, 0.15) is 30.6 Å². The lowest BCUT2D eigenvalue weighted by Gasteiger charge is -2.22. The minimum atomic E-state index is -0.00970. The molecule has 1 atom stereocenters. The van der Waals surface area contributed by atoms with E-state index >= 15 is 0 Å². The summed E-state index contributed by atoms with van der Waals surface area (Å²) in [7, 11) is 0. The number of hydrogen-bond acceptors (Lipinski definition) is 5. The van der Waals surface area contributed by atoms with Gasteiger partial charge in [-0.1, -0.05) is 24.6 Å². The van der Waals surface area contributed by atoms with Crippen molar-refractivity contribution in [2.45, 2.75) is 39.3 Å². The maximum Gasteiger partial charge on any atom is 0.234 e. The Balaban J connectivity index is 1.55. The standard InChI is InChI=1S/C18H24ClN5O2/c1-3-15-10-24(9-13-4-5-14(19)8-16(13)26-15)11-18(25)20-7-6-17-21-12(2)22-23-17/h4-5,8,15H,3,6-7,9-11H2,1-2H3,(H,20,25)(H,21,22,23)/t15-/m1/s1. The van der Waals surface area contributed by atoms with Crippen molar-refractivity contribution in [3.05, 3.63) is 40.4 Å². The molecule has 0 saturated carbocycles. The predicted octanol–water partition coefficient (Wildman–Crippen LogP) is 2.10. The second kappa shape index (κ2) is 8.51. The Morgan fingerprint density at radius 3 is 3.08 bits per heavy atom. The molecule has 1 aromatic carbocycles. The normalized spacial score (nSPS) is 17.3. The second-order valence-corrected chi connectivity index (χ2v) is 6.94. The molecule has 1 aliphatic rings. The van der Waals surface area contributed by atoms with Crippen LogP contribution in [-0.2, 0) is 17.8 Å². The van der Waals surface area contributed by atoms with Crippen molar-refractivity contribution in [1.29, 1.82) is 0 Å². The predicted molar refractivity (Wildman–Crippen MR) is 99.3 cm³/mol. The number of halogens is 1. The summed E-state index contributed by atoms with van der Waals surface area (Å²) in [6.45, 7) is 6.15. The number of rotatable bonds is 6. The molecule has 140 valence electrons. The summed E-state index contributed by atoms with van der Waals surface area (Å²) in [6.07, 6.45) is 1.52. The van der Waals surface area contributed by atoms with E-state index in [9.17, 15) is 4.79 Å². The number of aromatic nitrogens is 3. The first-order chi connectivity index (χ1) is 12.5. The van der Waals surface area contributed by atoms with Gasteiger partial charge in [0, 0.05) is 36.6 Å². The highest BCUT2D eigenvalue weighted by Crippen LogP contribution is 2.28. The SMILES string of the molecule is CC[C@@H]1CN(CC(=O)NCCc2n[nH]c(C)n2)Cc2ccc(Cl)cc2O1. The van der Waals surface area contributed by atoms with Crippen LogP contribution < -0.4 is 10.1 Å². The Morgan fingerprint density at radius 1 is 1.50 bits per heavy atom. The van der Waals surface area contributed by atoms with Gasteiger partial charge in [0.15, 0.2) is 5.82 Å². The topological polar surface area (TPSA) is 83.1 Å². The van der Waals surface area contributed by atoms with Crippen molar-refractivity contribution in [3.63, 3.8) is 0 Å². The molecule has 0 aliphatic carbocycles. The minimum absolute atomic E-state index is 0.00970. The molecule has 3 rings (SSSR count). The van der Waals surface area contributed by atoms with Gasteiger partial charge in [-0.25, -0.2) is 4.98 Å². The Labute approximate surface area is 158 Å². The molecule has 1 amide bonds.